The maximum Gasteiger partial charge on any atom is 0.205 e. The Hall–Kier alpha value is -2.88. The van der Waals surface area contributed by atoms with Crippen molar-refractivity contribution in [1.82, 2.24) is 10.3 Å². The Morgan fingerprint density at radius 1 is 1.11 bits per heavy atom. The zero-order valence-corrected chi connectivity index (χ0v) is 22.4. The predicted molar refractivity (Wildman–Crippen MR) is 143 cm³/mol. The molecule has 0 bridgehead atoms. The maximum atomic E-state index is 10.7. The van der Waals surface area contributed by atoms with Crippen molar-refractivity contribution in [1.29, 1.82) is 0 Å². The van der Waals surface area contributed by atoms with Crippen LogP contribution in [-0.4, -0.2) is 48.3 Å². The highest BCUT2D eigenvalue weighted by atomic mass is 35.5. The van der Waals surface area contributed by atoms with Gasteiger partial charge in [0.2, 0.25) is 5.79 Å². The average molecular weight is 541 g/mol. The summed E-state index contributed by atoms with van der Waals surface area (Å²) in [6, 6.07) is 15.4. The second-order valence-corrected chi connectivity index (χ2v) is 10.4. The van der Waals surface area contributed by atoms with E-state index in [2.05, 4.69) is 10.3 Å². The molecular formula is C29H33ClN2O6. The molecule has 0 aliphatic carbocycles. The van der Waals surface area contributed by atoms with Gasteiger partial charge >= 0.3 is 0 Å². The van der Waals surface area contributed by atoms with Gasteiger partial charge in [-0.05, 0) is 60.0 Å². The number of aliphatic hydroxyl groups excluding tert-OH is 1. The Morgan fingerprint density at radius 3 is 2.79 bits per heavy atom. The van der Waals surface area contributed by atoms with E-state index in [4.69, 9.17) is 35.3 Å². The molecule has 0 saturated heterocycles. The molecule has 0 saturated carbocycles. The standard InChI is InChI=1S/C29H33ClN2O6/c1-29(2)36-16-22-12-21(5-7-25(22)38-29)24(33)14-31-10-9-19-3-6-26-27(11-19)37-23(18-35-26)17-34-15-20-4-8-28(30)32-13-20/h3-8,11-13,23-24,31,33H,9-10,14-18H2,1-2H3/t23-,24+/m1/s1. The van der Waals surface area contributed by atoms with E-state index in [0.29, 0.717) is 44.7 Å². The highest BCUT2D eigenvalue weighted by Gasteiger charge is 2.27. The molecule has 202 valence electrons. The number of ether oxygens (including phenoxy) is 5. The summed E-state index contributed by atoms with van der Waals surface area (Å²) >= 11 is 5.82. The first-order chi connectivity index (χ1) is 18.3. The molecule has 0 radical (unpaired) electrons. The molecule has 0 unspecified atom stereocenters. The van der Waals surface area contributed by atoms with Gasteiger partial charge in [-0.15, -0.1) is 0 Å². The SMILES string of the molecule is CC1(C)OCc2cc([C@@H](O)CNCCc3ccc4c(c3)O[C@H](COCc3ccc(Cl)nc3)CO4)ccc2O1. The van der Waals surface area contributed by atoms with Crippen molar-refractivity contribution in [2.45, 2.75) is 51.5 Å². The minimum atomic E-state index is -0.632. The molecule has 2 aliphatic heterocycles. The summed E-state index contributed by atoms with van der Waals surface area (Å²) in [5.74, 6) is 1.63. The zero-order valence-electron chi connectivity index (χ0n) is 21.6. The summed E-state index contributed by atoms with van der Waals surface area (Å²) in [6.45, 7) is 6.67. The summed E-state index contributed by atoms with van der Waals surface area (Å²) in [5.41, 5.74) is 3.85. The van der Waals surface area contributed by atoms with Gasteiger partial charge in [-0.25, -0.2) is 4.98 Å². The molecule has 5 rings (SSSR count). The van der Waals surface area contributed by atoms with Gasteiger partial charge in [0.25, 0.3) is 0 Å². The van der Waals surface area contributed by atoms with Crippen LogP contribution in [0.25, 0.3) is 0 Å². The van der Waals surface area contributed by atoms with Gasteiger partial charge in [-0.3, -0.25) is 0 Å². The molecule has 38 heavy (non-hydrogen) atoms. The fourth-order valence-corrected chi connectivity index (χ4v) is 4.46. The van der Waals surface area contributed by atoms with Crippen LogP contribution in [-0.2, 0) is 29.1 Å². The van der Waals surface area contributed by atoms with Crippen molar-refractivity contribution in [3.63, 3.8) is 0 Å². The van der Waals surface area contributed by atoms with Gasteiger partial charge < -0.3 is 34.1 Å². The van der Waals surface area contributed by atoms with Crippen molar-refractivity contribution in [2.75, 3.05) is 26.3 Å². The first kappa shape index (κ1) is 26.7. The van der Waals surface area contributed by atoms with Crippen molar-refractivity contribution in [3.05, 3.63) is 82.1 Å². The molecule has 0 spiro atoms. The molecule has 2 N–H and O–H groups in total. The fraction of sp³-hybridized carbons (Fsp3) is 0.414. The molecule has 1 aromatic heterocycles. The van der Waals surface area contributed by atoms with Gasteiger partial charge in [0.15, 0.2) is 17.6 Å². The largest absolute Gasteiger partial charge is 0.486 e. The molecule has 2 aliphatic rings. The number of benzene rings is 2. The van der Waals surface area contributed by atoms with Gasteiger partial charge in [0.1, 0.15) is 17.5 Å². The Balaban J connectivity index is 1.06. The van der Waals surface area contributed by atoms with E-state index in [1.54, 1.807) is 12.3 Å². The van der Waals surface area contributed by atoms with E-state index < -0.39 is 11.9 Å². The number of fused-ring (bicyclic) bond motifs is 2. The van der Waals surface area contributed by atoms with E-state index in [0.717, 1.165) is 45.9 Å². The quantitative estimate of drug-likeness (QED) is 0.285. The summed E-state index contributed by atoms with van der Waals surface area (Å²) in [6.07, 6.45) is 1.67. The molecule has 2 atom stereocenters. The number of nitrogens with zero attached hydrogens (tertiary/aromatic N) is 1. The summed E-state index contributed by atoms with van der Waals surface area (Å²) in [7, 11) is 0. The molecular weight excluding hydrogens is 508 g/mol. The lowest BCUT2D eigenvalue weighted by Crippen LogP contribution is -2.35. The molecule has 8 nitrogen and oxygen atoms in total. The van der Waals surface area contributed by atoms with E-state index in [9.17, 15) is 5.11 Å². The topological polar surface area (TPSA) is 91.3 Å². The third-order valence-corrected chi connectivity index (χ3v) is 6.64. The molecule has 0 amide bonds. The lowest BCUT2D eigenvalue weighted by molar-refractivity contribution is -0.180. The van der Waals surface area contributed by atoms with Gasteiger partial charge in [0.05, 0.1) is 25.9 Å². The Morgan fingerprint density at radius 2 is 1.95 bits per heavy atom. The van der Waals surface area contributed by atoms with E-state index in [1.807, 2.05) is 56.3 Å². The highest BCUT2D eigenvalue weighted by Crippen LogP contribution is 2.34. The summed E-state index contributed by atoms with van der Waals surface area (Å²) in [5, 5.41) is 14.5. The lowest BCUT2D eigenvalue weighted by atomic mass is 10.0. The van der Waals surface area contributed by atoms with Crippen molar-refractivity contribution in [3.8, 4) is 17.2 Å². The number of aromatic nitrogens is 1. The second-order valence-electron chi connectivity index (χ2n) is 9.96. The van der Waals surface area contributed by atoms with Crippen molar-refractivity contribution >= 4 is 11.6 Å². The molecule has 9 heteroatoms. The first-order valence-corrected chi connectivity index (χ1v) is 13.2. The van der Waals surface area contributed by atoms with Crippen LogP contribution in [0.4, 0.5) is 0 Å². The van der Waals surface area contributed by atoms with Gasteiger partial charge in [0, 0.05) is 32.2 Å². The number of hydrogen-bond donors (Lipinski definition) is 2. The minimum Gasteiger partial charge on any atom is -0.486 e. The molecule has 3 heterocycles. The first-order valence-electron chi connectivity index (χ1n) is 12.8. The summed E-state index contributed by atoms with van der Waals surface area (Å²) < 4.78 is 29.3. The Bertz CT molecular complexity index is 1240. The van der Waals surface area contributed by atoms with Crippen molar-refractivity contribution in [2.24, 2.45) is 0 Å². The van der Waals surface area contributed by atoms with E-state index in [-0.39, 0.29) is 6.10 Å². The number of aliphatic hydroxyl groups is 1. The van der Waals surface area contributed by atoms with Gasteiger partial charge in [-0.1, -0.05) is 29.8 Å². The van der Waals surface area contributed by atoms with Crippen LogP contribution in [0.1, 0.15) is 42.2 Å². The highest BCUT2D eigenvalue weighted by molar-refractivity contribution is 6.29. The third-order valence-electron chi connectivity index (χ3n) is 6.42. The van der Waals surface area contributed by atoms with Crippen LogP contribution in [0.3, 0.4) is 0 Å². The van der Waals surface area contributed by atoms with Gasteiger partial charge in [-0.2, -0.15) is 0 Å². The number of nitrogens with one attached hydrogen (secondary N) is 1. The fourth-order valence-electron chi connectivity index (χ4n) is 4.35. The molecule has 0 fully saturated rings. The monoisotopic (exact) mass is 540 g/mol. The summed E-state index contributed by atoms with van der Waals surface area (Å²) in [4.78, 5) is 4.06. The Labute approximate surface area is 227 Å². The lowest BCUT2D eigenvalue weighted by Gasteiger charge is -2.33. The molecule has 2 aromatic carbocycles. The molecule has 3 aromatic rings. The van der Waals surface area contributed by atoms with Crippen molar-refractivity contribution < 1.29 is 28.8 Å². The van der Waals surface area contributed by atoms with Crippen LogP contribution in [0.15, 0.2) is 54.7 Å². The normalized spacial score (nSPS) is 18.4. The minimum absolute atomic E-state index is 0.190. The predicted octanol–water partition coefficient (Wildman–Crippen LogP) is 4.60. The Kier molecular flexibility index (Phi) is 8.35. The zero-order chi connectivity index (χ0) is 26.5. The van der Waals surface area contributed by atoms with E-state index in [1.165, 1.54) is 0 Å². The van der Waals surface area contributed by atoms with Crippen LogP contribution >= 0.6 is 11.6 Å². The average Bonchev–Trinajstić information content (AvgIpc) is 2.91. The third kappa shape index (κ3) is 6.95. The maximum absolute atomic E-state index is 10.7. The van der Waals surface area contributed by atoms with Crippen LogP contribution in [0.2, 0.25) is 5.15 Å². The number of hydrogen-bond acceptors (Lipinski definition) is 8. The van der Waals surface area contributed by atoms with Crippen LogP contribution in [0.5, 0.6) is 17.2 Å². The number of rotatable bonds is 10. The number of pyridine rings is 1. The smallest absolute Gasteiger partial charge is 0.205 e. The van der Waals surface area contributed by atoms with Crippen LogP contribution in [0, 0.1) is 0 Å². The number of halogens is 1. The van der Waals surface area contributed by atoms with E-state index >= 15 is 0 Å². The second kappa shape index (κ2) is 11.9. The van der Waals surface area contributed by atoms with Crippen LogP contribution < -0.4 is 19.5 Å².